The number of hydrogen-bond acceptors (Lipinski definition) is 6. The number of carbonyl (C=O) groups is 2. The Hall–Kier alpha value is -4.08. The lowest BCUT2D eigenvalue weighted by Crippen LogP contribution is -2.51. The highest BCUT2D eigenvalue weighted by Crippen LogP contribution is 2.29. The fourth-order valence-electron chi connectivity index (χ4n) is 3.93. The number of benzene rings is 2. The van der Waals surface area contributed by atoms with Gasteiger partial charge < -0.3 is 25.2 Å². The van der Waals surface area contributed by atoms with E-state index in [4.69, 9.17) is 4.74 Å². The Morgan fingerprint density at radius 2 is 1.88 bits per heavy atom. The Balaban J connectivity index is 1.32. The SMILES string of the molecule is COc1cc(N2CCN(C(=O)NCc3cccc(NC(C)=O)c3)CC2)ccc1-n1cnc(C)n1. The molecule has 0 aliphatic carbocycles. The second kappa shape index (κ2) is 10.2. The van der Waals surface area contributed by atoms with Gasteiger partial charge in [-0.05, 0) is 36.8 Å². The number of nitrogens with one attached hydrogen (secondary N) is 2. The van der Waals surface area contributed by atoms with Gasteiger partial charge in [0.2, 0.25) is 5.91 Å². The molecular weight excluding hydrogens is 434 g/mol. The molecule has 1 aliphatic rings. The Morgan fingerprint density at radius 1 is 1.09 bits per heavy atom. The summed E-state index contributed by atoms with van der Waals surface area (Å²) >= 11 is 0. The highest BCUT2D eigenvalue weighted by Gasteiger charge is 2.22. The van der Waals surface area contributed by atoms with E-state index in [9.17, 15) is 9.59 Å². The van der Waals surface area contributed by atoms with Gasteiger partial charge in [0.25, 0.3) is 0 Å². The Kier molecular flexibility index (Phi) is 6.95. The van der Waals surface area contributed by atoms with E-state index in [0.29, 0.717) is 36.9 Å². The average molecular weight is 464 g/mol. The molecule has 0 atom stereocenters. The third kappa shape index (κ3) is 5.45. The van der Waals surface area contributed by atoms with Crippen LogP contribution in [0.3, 0.4) is 0 Å². The molecule has 1 saturated heterocycles. The fraction of sp³-hybridized carbons (Fsp3) is 0.333. The van der Waals surface area contributed by atoms with Gasteiger partial charge in [0.15, 0.2) is 0 Å². The molecule has 178 valence electrons. The van der Waals surface area contributed by atoms with Crippen molar-refractivity contribution < 1.29 is 14.3 Å². The molecule has 0 saturated carbocycles. The number of ether oxygens (including phenoxy) is 1. The van der Waals surface area contributed by atoms with Gasteiger partial charge in [-0.1, -0.05) is 12.1 Å². The van der Waals surface area contributed by atoms with E-state index < -0.39 is 0 Å². The van der Waals surface area contributed by atoms with E-state index in [1.54, 1.807) is 18.1 Å². The number of nitrogens with zero attached hydrogens (tertiary/aromatic N) is 5. The first-order valence-electron chi connectivity index (χ1n) is 11.1. The summed E-state index contributed by atoms with van der Waals surface area (Å²) in [4.78, 5) is 32.1. The molecule has 0 radical (unpaired) electrons. The van der Waals surface area contributed by atoms with E-state index in [-0.39, 0.29) is 11.9 Å². The Bertz CT molecular complexity index is 1170. The number of aryl methyl sites for hydroxylation is 1. The molecule has 1 fully saturated rings. The fourth-order valence-corrected chi connectivity index (χ4v) is 3.93. The minimum Gasteiger partial charge on any atom is -0.494 e. The van der Waals surface area contributed by atoms with E-state index in [2.05, 4.69) is 25.6 Å². The van der Waals surface area contributed by atoms with Gasteiger partial charge in [0.05, 0.1) is 7.11 Å². The largest absolute Gasteiger partial charge is 0.494 e. The summed E-state index contributed by atoms with van der Waals surface area (Å²) in [6.07, 6.45) is 1.67. The number of urea groups is 1. The van der Waals surface area contributed by atoms with Gasteiger partial charge in [-0.2, -0.15) is 5.10 Å². The van der Waals surface area contributed by atoms with Crippen LogP contribution >= 0.6 is 0 Å². The number of hydrogen-bond donors (Lipinski definition) is 2. The summed E-state index contributed by atoms with van der Waals surface area (Å²) in [6, 6.07) is 13.3. The van der Waals surface area contributed by atoms with E-state index in [1.807, 2.05) is 54.3 Å². The molecule has 3 aromatic rings. The lowest BCUT2D eigenvalue weighted by atomic mass is 10.2. The summed E-state index contributed by atoms with van der Waals surface area (Å²) in [6.45, 7) is 6.38. The Morgan fingerprint density at radius 3 is 2.56 bits per heavy atom. The van der Waals surface area contributed by atoms with Crippen molar-refractivity contribution in [3.63, 3.8) is 0 Å². The van der Waals surface area contributed by atoms with E-state index in [1.165, 1.54) is 6.92 Å². The van der Waals surface area contributed by atoms with Crippen LogP contribution in [0.25, 0.3) is 5.69 Å². The van der Waals surface area contributed by atoms with Crippen molar-refractivity contribution in [2.45, 2.75) is 20.4 Å². The molecule has 1 aliphatic heterocycles. The standard InChI is InChI=1S/C24H29N7O3/c1-17-26-16-31(28-17)22-8-7-21(14-23(22)34-3)29-9-11-30(12-10-29)24(33)25-15-19-5-4-6-20(13-19)27-18(2)32/h4-8,13-14,16H,9-12,15H2,1-3H3,(H,25,33)(H,27,32). The zero-order chi connectivity index (χ0) is 24.1. The summed E-state index contributed by atoms with van der Waals surface area (Å²) in [5, 5.41) is 10.1. The first-order chi connectivity index (χ1) is 16.4. The minimum atomic E-state index is -0.125. The van der Waals surface area contributed by atoms with Crippen LogP contribution < -0.4 is 20.3 Å². The average Bonchev–Trinajstić information content (AvgIpc) is 3.28. The van der Waals surface area contributed by atoms with Crippen molar-refractivity contribution in [1.29, 1.82) is 0 Å². The van der Waals surface area contributed by atoms with Crippen LogP contribution in [0.2, 0.25) is 0 Å². The van der Waals surface area contributed by atoms with E-state index >= 15 is 0 Å². The zero-order valence-electron chi connectivity index (χ0n) is 19.6. The van der Waals surface area contributed by atoms with Crippen LogP contribution in [0.5, 0.6) is 5.75 Å². The molecule has 10 heteroatoms. The van der Waals surface area contributed by atoms with Crippen LogP contribution in [-0.4, -0.2) is 64.9 Å². The molecule has 2 N–H and O–H groups in total. The first-order valence-corrected chi connectivity index (χ1v) is 11.1. The number of amides is 3. The molecule has 3 amide bonds. The quantitative estimate of drug-likeness (QED) is 0.582. The highest BCUT2D eigenvalue weighted by atomic mass is 16.5. The molecule has 2 heterocycles. The maximum atomic E-state index is 12.7. The predicted octanol–water partition coefficient (Wildman–Crippen LogP) is 2.57. The van der Waals surface area contributed by atoms with Crippen molar-refractivity contribution >= 4 is 23.3 Å². The summed E-state index contributed by atoms with van der Waals surface area (Å²) < 4.78 is 7.29. The summed E-state index contributed by atoms with van der Waals surface area (Å²) in [7, 11) is 1.64. The molecule has 0 bridgehead atoms. The van der Waals surface area contributed by atoms with Crippen LogP contribution in [0.4, 0.5) is 16.2 Å². The molecule has 0 spiro atoms. The topological polar surface area (TPSA) is 105 Å². The minimum absolute atomic E-state index is 0.0981. The van der Waals surface area contributed by atoms with Gasteiger partial charge in [-0.3, -0.25) is 4.79 Å². The normalized spacial score (nSPS) is 13.5. The number of carbonyl (C=O) groups excluding carboxylic acids is 2. The summed E-state index contributed by atoms with van der Waals surface area (Å²) in [5.74, 6) is 1.28. The molecule has 2 aromatic carbocycles. The number of aromatic nitrogens is 3. The number of anilines is 2. The monoisotopic (exact) mass is 463 g/mol. The second-order valence-electron chi connectivity index (χ2n) is 8.11. The lowest BCUT2D eigenvalue weighted by molar-refractivity contribution is -0.114. The molecule has 10 nitrogen and oxygen atoms in total. The first kappa shape index (κ1) is 23.1. The van der Waals surface area contributed by atoms with Crippen LogP contribution in [0, 0.1) is 6.92 Å². The molecule has 0 unspecified atom stereocenters. The summed E-state index contributed by atoms with van der Waals surface area (Å²) in [5.41, 5.74) is 3.50. The second-order valence-corrected chi connectivity index (χ2v) is 8.11. The van der Waals surface area contributed by atoms with Gasteiger partial charge in [-0.25, -0.2) is 14.5 Å². The number of methoxy groups -OCH3 is 1. The maximum Gasteiger partial charge on any atom is 0.317 e. The smallest absolute Gasteiger partial charge is 0.317 e. The third-order valence-electron chi connectivity index (χ3n) is 5.64. The predicted molar refractivity (Wildman–Crippen MR) is 129 cm³/mol. The van der Waals surface area contributed by atoms with Gasteiger partial charge in [-0.15, -0.1) is 0 Å². The molecule has 1 aromatic heterocycles. The van der Waals surface area contributed by atoms with Gasteiger partial charge in [0, 0.05) is 57.1 Å². The van der Waals surface area contributed by atoms with Crippen LogP contribution in [-0.2, 0) is 11.3 Å². The lowest BCUT2D eigenvalue weighted by Gasteiger charge is -2.36. The van der Waals surface area contributed by atoms with Crippen molar-refractivity contribution in [2.75, 3.05) is 43.5 Å². The van der Waals surface area contributed by atoms with E-state index in [0.717, 1.165) is 30.0 Å². The maximum absolute atomic E-state index is 12.7. The van der Waals surface area contributed by atoms with Crippen LogP contribution in [0.1, 0.15) is 18.3 Å². The zero-order valence-corrected chi connectivity index (χ0v) is 19.6. The van der Waals surface area contributed by atoms with Crippen molar-refractivity contribution in [3.8, 4) is 11.4 Å². The highest BCUT2D eigenvalue weighted by molar-refractivity contribution is 5.88. The van der Waals surface area contributed by atoms with Crippen molar-refractivity contribution in [3.05, 3.63) is 60.2 Å². The van der Waals surface area contributed by atoms with Crippen molar-refractivity contribution in [2.24, 2.45) is 0 Å². The molecular formula is C24H29N7O3. The molecule has 34 heavy (non-hydrogen) atoms. The third-order valence-corrected chi connectivity index (χ3v) is 5.64. The van der Waals surface area contributed by atoms with Gasteiger partial charge >= 0.3 is 6.03 Å². The number of rotatable bonds is 6. The van der Waals surface area contributed by atoms with Gasteiger partial charge in [0.1, 0.15) is 23.6 Å². The number of piperazine rings is 1. The molecule has 4 rings (SSSR count). The van der Waals surface area contributed by atoms with Crippen molar-refractivity contribution in [1.82, 2.24) is 25.0 Å². The van der Waals surface area contributed by atoms with Crippen LogP contribution in [0.15, 0.2) is 48.8 Å². The Labute approximate surface area is 198 Å².